The second-order valence-corrected chi connectivity index (χ2v) is 4.66. The van der Waals surface area contributed by atoms with E-state index in [1.165, 1.54) is 23.9 Å². The molecule has 0 atom stereocenters. The molecule has 0 amide bonds. The largest absolute Gasteiger partial charge is 0.330 e. The van der Waals surface area contributed by atoms with Crippen molar-refractivity contribution in [2.75, 3.05) is 6.54 Å². The van der Waals surface area contributed by atoms with E-state index in [1.807, 2.05) is 0 Å². The molecule has 1 heterocycles. The average Bonchev–Trinajstić information content (AvgIpc) is 3.02. The predicted octanol–water partition coefficient (Wildman–Crippen LogP) is 2.18. The number of hydrogen-bond acceptors (Lipinski definition) is 2. The third-order valence-corrected chi connectivity index (χ3v) is 3.20. The van der Waals surface area contributed by atoms with Crippen LogP contribution in [-0.2, 0) is 6.42 Å². The van der Waals surface area contributed by atoms with Gasteiger partial charge in [-0.15, -0.1) is 0 Å². The molecule has 0 aliphatic heterocycles. The Kier molecular flexibility index (Phi) is 2.21. The molecule has 1 aromatic heterocycles. The highest BCUT2D eigenvalue weighted by molar-refractivity contribution is 5.77. The highest BCUT2D eigenvalue weighted by Gasteiger charge is 2.27. The van der Waals surface area contributed by atoms with E-state index in [-0.39, 0.29) is 0 Å². The summed E-state index contributed by atoms with van der Waals surface area (Å²) >= 11 is 0. The minimum absolute atomic E-state index is 0.675. The lowest BCUT2D eigenvalue weighted by atomic mass is 10.2. The smallest absolute Gasteiger partial charge is 0.111 e. The van der Waals surface area contributed by atoms with E-state index in [4.69, 9.17) is 10.7 Å². The number of imidazole rings is 1. The van der Waals surface area contributed by atoms with Crippen LogP contribution in [0, 0.1) is 6.92 Å². The zero-order valence-electron chi connectivity index (χ0n) is 9.61. The third-order valence-electron chi connectivity index (χ3n) is 3.20. The Morgan fingerprint density at radius 2 is 2.25 bits per heavy atom. The molecule has 0 saturated heterocycles. The lowest BCUT2D eigenvalue weighted by Crippen LogP contribution is -2.09. The number of fused-ring (bicyclic) bond motifs is 1. The molecule has 0 bridgehead atoms. The van der Waals surface area contributed by atoms with Crippen LogP contribution in [-0.4, -0.2) is 16.1 Å². The summed E-state index contributed by atoms with van der Waals surface area (Å²) < 4.78 is 2.39. The minimum Gasteiger partial charge on any atom is -0.330 e. The molecule has 1 saturated carbocycles. The first-order valence-electron chi connectivity index (χ1n) is 5.97. The molecule has 1 aliphatic rings. The van der Waals surface area contributed by atoms with Gasteiger partial charge in [0.2, 0.25) is 0 Å². The summed E-state index contributed by atoms with van der Waals surface area (Å²) in [5, 5.41) is 0. The third kappa shape index (κ3) is 1.52. The second-order valence-electron chi connectivity index (χ2n) is 4.66. The lowest BCUT2D eigenvalue weighted by molar-refractivity contribution is 0.696. The van der Waals surface area contributed by atoms with Gasteiger partial charge in [-0.3, -0.25) is 0 Å². The lowest BCUT2D eigenvalue weighted by Gasteiger charge is -2.06. The van der Waals surface area contributed by atoms with Crippen molar-refractivity contribution in [3.63, 3.8) is 0 Å². The van der Waals surface area contributed by atoms with Crippen molar-refractivity contribution in [1.82, 2.24) is 9.55 Å². The van der Waals surface area contributed by atoms with Crippen molar-refractivity contribution in [2.45, 2.75) is 32.2 Å². The summed E-state index contributed by atoms with van der Waals surface area (Å²) in [6.07, 6.45) is 3.46. The maximum Gasteiger partial charge on any atom is 0.111 e. The Labute approximate surface area is 95.3 Å². The van der Waals surface area contributed by atoms with E-state index in [1.54, 1.807) is 0 Å². The van der Waals surface area contributed by atoms with Gasteiger partial charge in [-0.2, -0.15) is 0 Å². The Bertz CT molecular complexity index is 523. The molecule has 2 aromatic rings. The SMILES string of the molecule is Cc1ccc2c(c1)nc(CCN)n2C1CC1. The van der Waals surface area contributed by atoms with Gasteiger partial charge in [0, 0.05) is 12.5 Å². The summed E-state index contributed by atoms with van der Waals surface area (Å²) in [6, 6.07) is 7.19. The highest BCUT2D eigenvalue weighted by atomic mass is 15.1. The summed E-state index contributed by atoms with van der Waals surface area (Å²) in [5.74, 6) is 1.16. The van der Waals surface area contributed by atoms with Crippen LogP contribution in [0.2, 0.25) is 0 Å². The number of benzene rings is 1. The molecule has 1 fully saturated rings. The maximum absolute atomic E-state index is 5.65. The molecule has 1 aromatic carbocycles. The summed E-state index contributed by atoms with van der Waals surface area (Å²) in [7, 11) is 0. The van der Waals surface area contributed by atoms with Crippen molar-refractivity contribution in [1.29, 1.82) is 0 Å². The monoisotopic (exact) mass is 215 g/mol. The molecule has 3 nitrogen and oxygen atoms in total. The molecule has 16 heavy (non-hydrogen) atoms. The fourth-order valence-electron chi connectivity index (χ4n) is 2.30. The molecule has 84 valence electrons. The van der Waals surface area contributed by atoms with Gasteiger partial charge in [0.25, 0.3) is 0 Å². The topological polar surface area (TPSA) is 43.8 Å². The molecular formula is C13H17N3. The fourth-order valence-corrected chi connectivity index (χ4v) is 2.30. The zero-order chi connectivity index (χ0) is 11.1. The van der Waals surface area contributed by atoms with Gasteiger partial charge in [0.05, 0.1) is 11.0 Å². The van der Waals surface area contributed by atoms with E-state index in [9.17, 15) is 0 Å². The van der Waals surface area contributed by atoms with Crippen molar-refractivity contribution in [3.05, 3.63) is 29.6 Å². The molecule has 3 heteroatoms. The maximum atomic E-state index is 5.65. The van der Waals surface area contributed by atoms with Gasteiger partial charge in [-0.05, 0) is 44.0 Å². The Morgan fingerprint density at radius 1 is 1.44 bits per heavy atom. The minimum atomic E-state index is 0.675. The Balaban J connectivity index is 2.20. The van der Waals surface area contributed by atoms with Crippen molar-refractivity contribution in [2.24, 2.45) is 5.73 Å². The molecule has 0 spiro atoms. The first kappa shape index (κ1) is 9.85. The van der Waals surface area contributed by atoms with Gasteiger partial charge in [-0.1, -0.05) is 6.07 Å². The predicted molar refractivity (Wildman–Crippen MR) is 65.5 cm³/mol. The van der Waals surface area contributed by atoms with Gasteiger partial charge >= 0.3 is 0 Å². The van der Waals surface area contributed by atoms with Gasteiger partial charge in [-0.25, -0.2) is 4.98 Å². The number of nitrogens with zero attached hydrogens (tertiary/aromatic N) is 2. The van der Waals surface area contributed by atoms with E-state index < -0.39 is 0 Å². The van der Waals surface area contributed by atoms with Crippen LogP contribution in [0.3, 0.4) is 0 Å². The quantitative estimate of drug-likeness (QED) is 0.852. The van der Waals surface area contributed by atoms with E-state index in [2.05, 4.69) is 29.7 Å². The van der Waals surface area contributed by atoms with Crippen LogP contribution >= 0.6 is 0 Å². The zero-order valence-corrected chi connectivity index (χ0v) is 9.61. The number of aromatic nitrogens is 2. The van der Waals surface area contributed by atoms with Crippen LogP contribution in [0.5, 0.6) is 0 Å². The Hall–Kier alpha value is -1.35. The van der Waals surface area contributed by atoms with Gasteiger partial charge < -0.3 is 10.3 Å². The second kappa shape index (κ2) is 3.59. The molecule has 2 N–H and O–H groups in total. The fraction of sp³-hybridized carbons (Fsp3) is 0.462. The number of hydrogen-bond donors (Lipinski definition) is 1. The van der Waals surface area contributed by atoms with Crippen LogP contribution < -0.4 is 5.73 Å². The molecule has 3 rings (SSSR count). The van der Waals surface area contributed by atoms with Crippen LogP contribution in [0.25, 0.3) is 11.0 Å². The standard InChI is InChI=1S/C13H17N3/c1-9-2-5-12-11(8-9)15-13(6-7-14)16(12)10-3-4-10/h2,5,8,10H,3-4,6-7,14H2,1H3. The Morgan fingerprint density at radius 3 is 2.94 bits per heavy atom. The van der Waals surface area contributed by atoms with E-state index >= 15 is 0 Å². The number of aryl methyl sites for hydroxylation is 1. The van der Waals surface area contributed by atoms with E-state index in [0.717, 1.165) is 17.8 Å². The van der Waals surface area contributed by atoms with Gasteiger partial charge in [0.1, 0.15) is 5.82 Å². The molecular weight excluding hydrogens is 198 g/mol. The average molecular weight is 215 g/mol. The highest BCUT2D eigenvalue weighted by Crippen LogP contribution is 2.38. The van der Waals surface area contributed by atoms with Crippen LogP contribution in [0.15, 0.2) is 18.2 Å². The summed E-state index contributed by atoms with van der Waals surface area (Å²) in [5.41, 5.74) is 9.31. The van der Waals surface area contributed by atoms with Crippen LogP contribution in [0.4, 0.5) is 0 Å². The first-order valence-corrected chi connectivity index (χ1v) is 5.97. The number of nitrogens with two attached hydrogens (primary N) is 1. The van der Waals surface area contributed by atoms with E-state index in [0.29, 0.717) is 12.6 Å². The van der Waals surface area contributed by atoms with Crippen molar-refractivity contribution in [3.8, 4) is 0 Å². The molecule has 0 radical (unpaired) electrons. The van der Waals surface area contributed by atoms with Crippen LogP contribution in [0.1, 0.15) is 30.3 Å². The molecule has 1 aliphatic carbocycles. The van der Waals surface area contributed by atoms with Crippen molar-refractivity contribution < 1.29 is 0 Å². The number of rotatable bonds is 3. The van der Waals surface area contributed by atoms with Crippen molar-refractivity contribution >= 4 is 11.0 Å². The molecule has 0 unspecified atom stereocenters. The normalized spacial score (nSPS) is 15.9. The summed E-state index contributed by atoms with van der Waals surface area (Å²) in [6.45, 7) is 2.78. The van der Waals surface area contributed by atoms with Gasteiger partial charge in [0.15, 0.2) is 0 Å². The summed E-state index contributed by atoms with van der Waals surface area (Å²) in [4.78, 5) is 4.71. The first-order chi connectivity index (χ1) is 7.79.